The second-order valence-corrected chi connectivity index (χ2v) is 8.06. The van der Waals surface area contributed by atoms with E-state index in [2.05, 4.69) is 4.90 Å². The highest BCUT2D eigenvalue weighted by molar-refractivity contribution is 6.42. The van der Waals surface area contributed by atoms with Crippen LogP contribution in [0.5, 0.6) is 0 Å². The molecule has 2 unspecified atom stereocenters. The van der Waals surface area contributed by atoms with E-state index < -0.39 is 11.9 Å². The van der Waals surface area contributed by atoms with Crippen molar-refractivity contribution in [3.05, 3.63) is 33.8 Å². The number of hydrogen-bond donors (Lipinski definition) is 1. The fourth-order valence-electron chi connectivity index (χ4n) is 3.91. The molecule has 0 saturated carbocycles. The van der Waals surface area contributed by atoms with Gasteiger partial charge < -0.3 is 14.9 Å². The lowest BCUT2D eigenvalue weighted by molar-refractivity contribution is -0.147. The highest BCUT2D eigenvalue weighted by Crippen LogP contribution is 2.27. The summed E-state index contributed by atoms with van der Waals surface area (Å²) in [5.41, 5.74) is 0.793. The maximum absolute atomic E-state index is 13.0. The Hall–Kier alpha value is -1.01. The van der Waals surface area contributed by atoms with Crippen LogP contribution < -0.4 is 0 Å². The van der Waals surface area contributed by atoms with Gasteiger partial charge in [0.05, 0.1) is 22.4 Å². The molecule has 2 atom stereocenters. The third-order valence-electron chi connectivity index (χ3n) is 5.38. The average molecular weight is 436 g/mol. The molecule has 0 aliphatic carbocycles. The summed E-state index contributed by atoms with van der Waals surface area (Å²) in [5.74, 6) is -1.35. The number of piperidine rings is 1. The predicted molar refractivity (Wildman–Crippen MR) is 109 cm³/mol. The zero-order valence-electron chi connectivity index (χ0n) is 15.1. The maximum Gasteiger partial charge on any atom is 0.308 e. The molecule has 2 aliphatic rings. The number of carbonyl (C=O) groups excluding carboxylic acids is 1. The van der Waals surface area contributed by atoms with E-state index in [-0.39, 0.29) is 37.3 Å². The molecule has 1 aromatic rings. The largest absolute Gasteiger partial charge is 0.481 e. The summed E-state index contributed by atoms with van der Waals surface area (Å²) < 4.78 is 0. The average Bonchev–Trinajstić information content (AvgIpc) is 3.11. The number of benzene rings is 1. The molecular formula is C19H25Cl3N2O3. The highest BCUT2D eigenvalue weighted by Gasteiger charge is 2.35. The molecule has 5 nitrogen and oxygen atoms in total. The first-order valence-electron chi connectivity index (χ1n) is 9.12. The van der Waals surface area contributed by atoms with E-state index in [4.69, 9.17) is 23.2 Å². The second-order valence-electron chi connectivity index (χ2n) is 7.25. The first kappa shape index (κ1) is 22.3. The molecule has 0 bridgehead atoms. The Bertz CT molecular complexity index is 680. The van der Waals surface area contributed by atoms with Gasteiger partial charge in [-0.1, -0.05) is 29.3 Å². The smallest absolute Gasteiger partial charge is 0.308 e. The minimum atomic E-state index is -0.822. The van der Waals surface area contributed by atoms with Gasteiger partial charge in [0.15, 0.2) is 0 Å². The zero-order chi connectivity index (χ0) is 18.7. The van der Waals surface area contributed by atoms with Crippen LogP contribution >= 0.6 is 35.6 Å². The van der Waals surface area contributed by atoms with Crippen molar-refractivity contribution in [1.82, 2.24) is 9.80 Å². The summed E-state index contributed by atoms with van der Waals surface area (Å²) in [6.45, 7) is 3.24. The van der Waals surface area contributed by atoms with Crippen molar-refractivity contribution in [1.29, 1.82) is 0 Å². The molecule has 27 heavy (non-hydrogen) atoms. The van der Waals surface area contributed by atoms with E-state index in [1.54, 1.807) is 23.1 Å². The van der Waals surface area contributed by atoms with E-state index in [0.717, 1.165) is 31.6 Å². The van der Waals surface area contributed by atoms with Gasteiger partial charge in [-0.25, -0.2) is 0 Å². The van der Waals surface area contributed by atoms with Crippen LogP contribution in [0, 0.1) is 5.92 Å². The van der Waals surface area contributed by atoms with E-state index >= 15 is 0 Å². The molecule has 150 valence electrons. The fraction of sp³-hybridized carbons (Fsp3) is 0.579. The fourth-order valence-corrected chi connectivity index (χ4v) is 4.23. The summed E-state index contributed by atoms with van der Waals surface area (Å²) in [5, 5.41) is 10.3. The van der Waals surface area contributed by atoms with E-state index in [1.807, 2.05) is 0 Å². The minimum Gasteiger partial charge on any atom is -0.481 e. The summed E-state index contributed by atoms with van der Waals surface area (Å²) in [6, 6.07) is 5.26. The number of nitrogens with zero attached hydrogens (tertiary/aromatic N) is 2. The Balaban J connectivity index is 0.00000261. The quantitative estimate of drug-likeness (QED) is 0.765. The summed E-state index contributed by atoms with van der Waals surface area (Å²) in [6.07, 6.45) is 3.97. The Morgan fingerprint density at radius 2 is 1.81 bits per heavy atom. The predicted octanol–water partition coefficient (Wildman–Crippen LogP) is 3.75. The monoisotopic (exact) mass is 434 g/mol. The lowest BCUT2D eigenvalue weighted by Crippen LogP contribution is -2.53. The van der Waals surface area contributed by atoms with E-state index in [0.29, 0.717) is 16.5 Å². The van der Waals surface area contributed by atoms with Crippen molar-refractivity contribution in [3.8, 4) is 0 Å². The molecule has 3 rings (SSSR count). The Morgan fingerprint density at radius 1 is 1.11 bits per heavy atom. The van der Waals surface area contributed by atoms with Gasteiger partial charge in [0, 0.05) is 19.1 Å². The molecule has 1 N–H and O–H groups in total. The topological polar surface area (TPSA) is 60.9 Å². The van der Waals surface area contributed by atoms with Gasteiger partial charge in [-0.2, -0.15) is 0 Å². The number of aliphatic carboxylic acids is 1. The molecule has 0 radical (unpaired) electrons. The third-order valence-corrected chi connectivity index (χ3v) is 6.12. The Labute approximate surface area is 176 Å². The maximum atomic E-state index is 13.0. The van der Waals surface area contributed by atoms with Crippen LogP contribution in [0.1, 0.15) is 31.2 Å². The lowest BCUT2D eigenvalue weighted by Gasteiger charge is -2.40. The molecule has 0 spiro atoms. The number of hydrogen-bond acceptors (Lipinski definition) is 3. The van der Waals surface area contributed by atoms with E-state index in [9.17, 15) is 14.7 Å². The van der Waals surface area contributed by atoms with Gasteiger partial charge in [-0.15, -0.1) is 12.4 Å². The number of carboxylic acid groups (broad SMARTS) is 1. The number of amides is 1. The molecule has 2 saturated heterocycles. The number of carboxylic acids is 1. The molecule has 1 aromatic carbocycles. The lowest BCUT2D eigenvalue weighted by atomic mass is 9.91. The number of likely N-dealkylation sites (tertiary alicyclic amines) is 2. The first-order valence-corrected chi connectivity index (χ1v) is 9.88. The summed E-state index contributed by atoms with van der Waals surface area (Å²) in [7, 11) is 0. The van der Waals surface area contributed by atoms with E-state index in [1.165, 1.54) is 12.8 Å². The highest BCUT2D eigenvalue weighted by atomic mass is 35.5. The van der Waals surface area contributed by atoms with Crippen molar-refractivity contribution in [2.24, 2.45) is 5.92 Å². The molecule has 2 aliphatic heterocycles. The first-order chi connectivity index (χ1) is 12.4. The van der Waals surface area contributed by atoms with Crippen LogP contribution in [-0.4, -0.2) is 59.0 Å². The van der Waals surface area contributed by atoms with Crippen LogP contribution in [-0.2, 0) is 16.0 Å². The van der Waals surface area contributed by atoms with Gasteiger partial charge in [0.2, 0.25) is 5.91 Å². The molecule has 0 aromatic heterocycles. The van der Waals surface area contributed by atoms with Crippen LogP contribution in [0.2, 0.25) is 10.0 Å². The van der Waals surface area contributed by atoms with Gasteiger partial charge >= 0.3 is 5.97 Å². The number of carbonyl (C=O) groups is 2. The van der Waals surface area contributed by atoms with Crippen molar-refractivity contribution in [2.45, 2.75) is 38.1 Å². The van der Waals surface area contributed by atoms with Crippen LogP contribution in [0.25, 0.3) is 0 Å². The Morgan fingerprint density at radius 3 is 2.44 bits per heavy atom. The normalized spacial score (nSPS) is 23.1. The zero-order valence-corrected chi connectivity index (χ0v) is 17.4. The van der Waals surface area contributed by atoms with Gasteiger partial charge in [0.1, 0.15) is 0 Å². The minimum absolute atomic E-state index is 0. The molecular weight excluding hydrogens is 411 g/mol. The van der Waals surface area contributed by atoms with Crippen LogP contribution in [0.3, 0.4) is 0 Å². The summed E-state index contributed by atoms with van der Waals surface area (Å²) >= 11 is 12.0. The van der Waals surface area contributed by atoms with Crippen molar-refractivity contribution in [3.63, 3.8) is 0 Å². The van der Waals surface area contributed by atoms with Crippen LogP contribution in [0.15, 0.2) is 18.2 Å². The molecule has 2 fully saturated rings. The number of halogens is 3. The van der Waals surface area contributed by atoms with Gasteiger partial charge in [-0.05, 0) is 56.5 Å². The molecule has 1 amide bonds. The number of rotatable bonds is 5. The van der Waals surface area contributed by atoms with Crippen LogP contribution in [0.4, 0.5) is 0 Å². The Kier molecular flexibility index (Phi) is 8.22. The SMILES string of the molecule is Cl.O=C(O)C1CCC(CN2CCCC2)N(C(=O)Cc2ccc(Cl)c(Cl)c2)C1. The van der Waals surface area contributed by atoms with Gasteiger partial charge in [-0.3, -0.25) is 9.59 Å². The summed E-state index contributed by atoms with van der Waals surface area (Å²) in [4.78, 5) is 28.5. The van der Waals surface area contributed by atoms with Gasteiger partial charge in [0.25, 0.3) is 0 Å². The standard InChI is InChI=1S/C19H24Cl2N2O3.ClH/c20-16-6-3-13(9-17(16)21)10-18(24)23-11-14(19(25)26)4-5-15(23)12-22-7-1-2-8-22;/h3,6,9,14-15H,1-2,4-5,7-8,10-12H2,(H,25,26);1H. The van der Waals surface area contributed by atoms with Crippen molar-refractivity contribution >= 4 is 47.5 Å². The third kappa shape index (κ3) is 5.74. The molecule has 8 heteroatoms. The van der Waals surface area contributed by atoms with Crippen molar-refractivity contribution < 1.29 is 14.7 Å². The van der Waals surface area contributed by atoms with Crippen molar-refractivity contribution in [2.75, 3.05) is 26.2 Å². The second kappa shape index (κ2) is 9.97. The molecule has 2 heterocycles.